The second kappa shape index (κ2) is 8.31. The average Bonchev–Trinajstić information content (AvgIpc) is 3.08. The van der Waals surface area contributed by atoms with Gasteiger partial charge >= 0.3 is 5.97 Å². The smallest absolute Gasteiger partial charge is 0.305 e. The van der Waals surface area contributed by atoms with Crippen LogP contribution in [-0.4, -0.2) is 43.5 Å². The Labute approximate surface area is 154 Å². The van der Waals surface area contributed by atoms with Crippen molar-refractivity contribution < 1.29 is 28.5 Å². The number of benzene rings is 1. The Bertz CT molecular complexity index is 626. The minimum absolute atomic E-state index is 0.232. The van der Waals surface area contributed by atoms with Gasteiger partial charge in [0, 0.05) is 6.42 Å². The molecule has 0 amide bonds. The van der Waals surface area contributed by atoms with Gasteiger partial charge in [0.25, 0.3) is 0 Å². The molecule has 2 fully saturated rings. The van der Waals surface area contributed by atoms with Gasteiger partial charge in [-0.3, -0.25) is 4.79 Å². The van der Waals surface area contributed by atoms with Gasteiger partial charge in [0.15, 0.2) is 12.1 Å². The first kappa shape index (κ1) is 19.0. The number of ether oxygens (including phenoxy) is 5. The maximum absolute atomic E-state index is 11.2. The number of methoxy groups -OCH3 is 1. The van der Waals surface area contributed by atoms with Crippen LogP contribution in [0.1, 0.15) is 32.3 Å². The number of allylic oxidation sites excluding steroid dienone is 1. The molecule has 4 atom stereocenters. The number of hydrogen-bond acceptors (Lipinski definition) is 6. The van der Waals surface area contributed by atoms with Crippen LogP contribution in [0.2, 0.25) is 0 Å². The van der Waals surface area contributed by atoms with Crippen molar-refractivity contribution in [1.82, 2.24) is 0 Å². The summed E-state index contributed by atoms with van der Waals surface area (Å²) in [5.74, 6) is -0.923. The largest absolute Gasteiger partial charge is 0.469 e. The summed E-state index contributed by atoms with van der Waals surface area (Å²) in [6.07, 6.45) is 3.43. The first-order valence-corrected chi connectivity index (χ1v) is 8.88. The van der Waals surface area contributed by atoms with Crippen LogP contribution in [0.3, 0.4) is 0 Å². The molecule has 2 saturated heterocycles. The fourth-order valence-electron chi connectivity index (χ4n) is 3.15. The normalized spacial score (nSPS) is 29.8. The van der Waals surface area contributed by atoms with Crippen LogP contribution < -0.4 is 0 Å². The molecule has 142 valence electrons. The van der Waals surface area contributed by atoms with Crippen LogP contribution in [0.15, 0.2) is 42.5 Å². The third-order valence-electron chi connectivity index (χ3n) is 4.38. The second-order valence-electron chi connectivity index (χ2n) is 6.87. The first-order chi connectivity index (χ1) is 12.5. The minimum Gasteiger partial charge on any atom is -0.469 e. The standard InChI is InChI=1S/C20H26O6/c1-20(2)25-18-17(23-13-14-9-5-4-6-10-14)15(24-19(18)26-20)11-7-8-12-16(21)22-3/h4-7,9-11,15,17-19H,8,12-13H2,1-3H3/b11-7+/t15-,17+,18-,19-/m1/s1. The van der Waals surface area contributed by atoms with E-state index in [1.807, 2.05) is 56.3 Å². The van der Waals surface area contributed by atoms with Gasteiger partial charge in [-0.05, 0) is 25.8 Å². The molecular weight excluding hydrogens is 336 g/mol. The predicted octanol–water partition coefficient (Wildman–Crippen LogP) is 2.96. The van der Waals surface area contributed by atoms with E-state index in [9.17, 15) is 4.79 Å². The Kier molecular flexibility index (Phi) is 6.09. The molecule has 0 saturated carbocycles. The van der Waals surface area contributed by atoms with Crippen molar-refractivity contribution in [3.63, 3.8) is 0 Å². The first-order valence-electron chi connectivity index (χ1n) is 8.88. The molecule has 0 unspecified atom stereocenters. The van der Waals surface area contributed by atoms with Crippen LogP contribution >= 0.6 is 0 Å². The molecule has 0 bridgehead atoms. The lowest BCUT2D eigenvalue weighted by molar-refractivity contribution is -0.213. The van der Waals surface area contributed by atoms with Crippen LogP contribution in [0.25, 0.3) is 0 Å². The molecule has 1 aromatic carbocycles. The van der Waals surface area contributed by atoms with Gasteiger partial charge in [-0.15, -0.1) is 0 Å². The monoisotopic (exact) mass is 362 g/mol. The van der Waals surface area contributed by atoms with Gasteiger partial charge in [0.05, 0.1) is 13.7 Å². The summed E-state index contributed by atoms with van der Waals surface area (Å²) in [5, 5.41) is 0. The number of hydrogen-bond donors (Lipinski definition) is 0. The van der Waals surface area contributed by atoms with E-state index in [1.165, 1.54) is 7.11 Å². The van der Waals surface area contributed by atoms with Gasteiger partial charge in [-0.2, -0.15) is 0 Å². The number of carbonyl (C=O) groups is 1. The highest BCUT2D eigenvalue weighted by molar-refractivity contribution is 5.69. The zero-order valence-electron chi connectivity index (χ0n) is 15.4. The molecule has 1 aromatic rings. The second-order valence-corrected chi connectivity index (χ2v) is 6.87. The number of fused-ring (bicyclic) bond motifs is 1. The highest BCUT2D eigenvalue weighted by Crippen LogP contribution is 2.39. The zero-order valence-corrected chi connectivity index (χ0v) is 15.4. The third kappa shape index (κ3) is 4.71. The Morgan fingerprint density at radius 3 is 2.73 bits per heavy atom. The van der Waals surface area contributed by atoms with Crippen LogP contribution in [0.4, 0.5) is 0 Å². The summed E-state index contributed by atoms with van der Waals surface area (Å²) in [6.45, 7) is 4.20. The van der Waals surface area contributed by atoms with Crippen molar-refractivity contribution in [3.8, 4) is 0 Å². The molecule has 3 rings (SSSR count). The maximum atomic E-state index is 11.2. The molecule has 6 nitrogen and oxygen atoms in total. The summed E-state index contributed by atoms with van der Waals surface area (Å²) in [5.41, 5.74) is 1.09. The highest BCUT2D eigenvalue weighted by Gasteiger charge is 2.54. The van der Waals surface area contributed by atoms with E-state index in [1.54, 1.807) is 0 Å². The van der Waals surface area contributed by atoms with E-state index < -0.39 is 12.1 Å². The van der Waals surface area contributed by atoms with E-state index >= 15 is 0 Å². The average molecular weight is 362 g/mol. The van der Waals surface area contributed by atoms with Crippen molar-refractivity contribution in [2.45, 2.75) is 63.7 Å². The van der Waals surface area contributed by atoms with Crippen molar-refractivity contribution in [2.24, 2.45) is 0 Å². The molecule has 0 aromatic heterocycles. The molecule has 0 aliphatic carbocycles. The van der Waals surface area contributed by atoms with Crippen LogP contribution in [-0.2, 0) is 35.1 Å². The summed E-state index contributed by atoms with van der Waals surface area (Å²) >= 11 is 0. The molecule has 2 aliphatic rings. The fourth-order valence-corrected chi connectivity index (χ4v) is 3.15. The van der Waals surface area contributed by atoms with Crippen molar-refractivity contribution >= 4 is 5.97 Å². The highest BCUT2D eigenvalue weighted by atomic mass is 16.8. The third-order valence-corrected chi connectivity index (χ3v) is 4.38. The SMILES string of the molecule is COC(=O)CC/C=C/[C@H]1O[C@@H]2OC(C)(C)O[C@@H]2[C@H]1OCc1ccccc1. The van der Waals surface area contributed by atoms with Gasteiger partial charge in [-0.25, -0.2) is 0 Å². The molecule has 2 aliphatic heterocycles. The Hall–Kier alpha value is -1.73. The quantitative estimate of drug-likeness (QED) is 0.549. The van der Waals surface area contributed by atoms with Gasteiger partial charge in [-0.1, -0.05) is 42.5 Å². The predicted molar refractivity (Wildman–Crippen MR) is 94.1 cm³/mol. The molecule has 2 heterocycles. The lowest BCUT2D eigenvalue weighted by atomic mass is 10.1. The molecule has 26 heavy (non-hydrogen) atoms. The van der Waals surface area contributed by atoms with E-state index in [0.717, 1.165) is 5.56 Å². The van der Waals surface area contributed by atoms with E-state index in [2.05, 4.69) is 4.74 Å². The van der Waals surface area contributed by atoms with Crippen molar-refractivity contribution in [2.75, 3.05) is 7.11 Å². The van der Waals surface area contributed by atoms with Gasteiger partial charge in [0.1, 0.15) is 18.3 Å². The number of carbonyl (C=O) groups excluding carboxylic acids is 1. The fraction of sp³-hybridized carbons (Fsp3) is 0.550. The molecule has 6 heteroatoms. The number of esters is 1. The number of rotatable bonds is 7. The topological polar surface area (TPSA) is 63.2 Å². The van der Waals surface area contributed by atoms with E-state index in [0.29, 0.717) is 19.4 Å². The lowest BCUT2D eigenvalue weighted by Crippen LogP contribution is -2.36. The van der Waals surface area contributed by atoms with Gasteiger partial charge in [0.2, 0.25) is 0 Å². The summed E-state index contributed by atoms with van der Waals surface area (Å²) in [7, 11) is 1.39. The Morgan fingerprint density at radius 1 is 1.23 bits per heavy atom. The van der Waals surface area contributed by atoms with Gasteiger partial charge < -0.3 is 23.7 Å². The Balaban J connectivity index is 1.63. The summed E-state index contributed by atoms with van der Waals surface area (Å²) in [4.78, 5) is 11.2. The van der Waals surface area contributed by atoms with Crippen LogP contribution in [0.5, 0.6) is 0 Å². The molecule has 0 spiro atoms. The zero-order chi connectivity index (χ0) is 18.6. The minimum atomic E-state index is -0.691. The molecule has 0 radical (unpaired) electrons. The molecule has 0 N–H and O–H groups in total. The van der Waals surface area contributed by atoms with Crippen molar-refractivity contribution in [3.05, 3.63) is 48.0 Å². The van der Waals surface area contributed by atoms with E-state index in [-0.39, 0.29) is 24.3 Å². The van der Waals surface area contributed by atoms with E-state index in [4.69, 9.17) is 18.9 Å². The maximum Gasteiger partial charge on any atom is 0.305 e. The summed E-state index contributed by atoms with van der Waals surface area (Å²) in [6, 6.07) is 9.97. The lowest BCUT2D eigenvalue weighted by Gasteiger charge is -2.24. The summed E-state index contributed by atoms with van der Waals surface area (Å²) < 4.78 is 28.6. The molecular formula is C20H26O6. The Morgan fingerprint density at radius 2 is 2.00 bits per heavy atom. The van der Waals surface area contributed by atoms with Crippen molar-refractivity contribution in [1.29, 1.82) is 0 Å². The van der Waals surface area contributed by atoms with Crippen LogP contribution in [0, 0.1) is 0 Å².